The first kappa shape index (κ1) is 16.0. The highest BCUT2D eigenvalue weighted by molar-refractivity contribution is 7.99. The van der Waals surface area contributed by atoms with Crippen molar-refractivity contribution in [1.82, 2.24) is 0 Å². The van der Waals surface area contributed by atoms with Gasteiger partial charge in [0.1, 0.15) is 0 Å². The number of thioether (sulfide) groups is 1. The third kappa shape index (κ3) is 4.87. The van der Waals surface area contributed by atoms with Crippen LogP contribution in [0.5, 0.6) is 0 Å². The first-order valence-electron chi connectivity index (χ1n) is 5.79. The molecule has 0 fully saturated rings. The molecule has 0 saturated heterocycles. The van der Waals surface area contributed by atoms with Crippen LogP contribution in [-0.4, -0.2) is 31.5 Å². The summed E-state index contributed by atoms with van der Waals surface area (Å²) in [5, 5.41) is 8.99. The van der Waals surface area contributed by atoms with E-state index in [0.29, 0.717) is 17.1 Å². The molecule has 0 atom stereocenters. The summed E-state index contributed by atoms with van der Waals surface area (Å²) in [5.41, 5.74) is -0.736. The molecule has 0 aliphatic heterocycles. The second-order valence-electron chi connectivity index (χ2n) is 5.03. The Bertz CT molecular complexity index is 545. The summed E-state index contributed by atoms with van der Waals surface area (Å²) < 4.78 is 22.6. The normalized spacial score (nSPS) is 12.4. The van der Waals surface area contributed by atoms with Gasteiger partial charge in [0.05, 0.1) is 10.3 Å². The van der Waals surface area contributed by atoms with Crippen LogP contribution in [0.1, 0.15) is 20.3 Å². The van der Waals surface area contributed by atoms with Crippen molar-refractivity contribution >= 4 is 27.6 Å². The van der Waals surface area contributed by atoms with E-state index in [0.717, 1.165) is 4.90 Å². The lowest BCUT2D eigenvalue weighted by Crippen LogP contribution is -2.24. The van der Waals surface area contributed by atoms with Gasteiger partial charge in [0.15, 0.2) is 9.84 Å². The minimum Gasteiger partial charge on any atom is -0.481 e. The predicted octanol–water partition coefficient (Wildman–Crippen LogP) is 2.68. The topological polar surface area (TPSA) is 71.4 Å². The lowest BCUT2D eigenvalue weighted by molar-refractivity contribution is -0.146. The lowest BCUT2D eigenvalue weighted by atomic mass is 9.91. The van der Waals surface area contributed by atoms with Crippen molar-refractivity contribution in [1.29, 1.82) is 0 Å². The molecule has 4 nitrogen and oxygen atoms in total. The van der Waals surface area contributed by atoms with Gasteiger partial charge < -0.3 is 5.11 Å². The molecule has 19 heavy (non-hydrogen) atoms. The quantitative estimate of drug-likeness (QED) is 0.818. The molecule has 6 heteroatoms. The van der Waals surface area contributed by atoms with Crippen molar-refractivity contribution < 1.29 is 18.3 Å². The number of carboxylic acid groups (broad SMARTS) is 1. The summed E-state index contributed by atoms with van der Waals surface area (Å²) in [4.78, 5) is 12.2. The van der Waals surface area contributed by atoms with Crippen molar-refractivity contribution in [2.45, 2.75) is 30.1 Å². The van der Waals surface area contributed by atoms with Crippen LogP contribution >= 0.6 is 11.8 Å². The van der Waals surface area contributed by atoms with Gasteiger partial charge in [0.2, 0.25) is 0 Å². The van der Waals surface area contributed by atoms with Crippen molar-refractivity contribution in [2.24, 2.45) is 5.41 Å². The summed E-state index contributed by atoms with van der Waals surface area (Å²) in [6.07, 6.45) is 1.73. The molecule has 0 aromatic heterocycles. The summed E-state index contributed by atoms with van der Waals surface area (Å²) >= 11 is 1.53. The van der Waals surface area contributed by atoms with Crippen LogP contribution in [0.4, 0.5) is 0 Å². The third-order valence-electron chi connectivity index (χ3n) is 2.83. The zero-order valence-corrected chi connectivity index (χ0v) is 12.8. The second kappa shape index (κ2) is 5.96. The standard InChI is InChI=1S/C13H18O4S2/c1-13(2,12(14)15)8-9-18-10-4-6-11(7-5-10)19(3,16)17/h4-7H,8-9H2,1-3H3,(H,14,15). The van der Waals surface area contributed by atoms with Gasteiger partial charge in [0, 0.05) is 11.2 Å². The summed E-state index contributed by atoms with van der Waals surface area (Å²) in [6.45, 7) is 3.39. The summed E-state index contributed by atoms with van der Waals surface area (Å²) in [5.74, 6) is -0.127. The third-order valence-corrected chi connectivity index (χ3v) is 4.97. The number of rotatable bonds is 6. The average molecular weight is 302 g/mol. The average Bonchev–Trinajstić information content (AvgIpc) is 2.28. The molecule has 0 saturated carbocycles. The van der Waals surface area contributed by atoms with Gasteiger partial charge in [-0.25, -0.2) is 8.42 Å². The van der Waals surface area contributed by atoms with Crippen molar-refractivity contribution in [3.05, 3.63) is 24.3 Å². The molecule has 0 aliphatic carbocycles. The number of carboxylic acids is 1. The van der Waals surface area contributed by atoms with E-state index in [4.69, 9.17) is 5.11 Å². The Balaban J connectivity index is 2.59. The fourth-order valence-corrected chi connectivity index (χ4v) is 3.12. The van der Waals surface area contributed by atoms with Crippen LogP contribution < -0.4 is 0 Å². The zero-order valence-electron chi connectivity index (χ0n) is 11.2. The Labute approximate surface area is 118 Å². The molecule has 0 bridgehead atoms. The minimum atomic E-state index is -3.16. The maximum absolute atomic E-state index is 11.3. The first-order chi connectivity index (χ1) is 8.63. The summed E-state index contributed by atoms with van der Waals surface area (Å²) in [6, 6.07) is 6.63. The molecular weight excluding hydrogens is 284 g/mol. The predicted molar refractivity (Wildman–Crippen MR) is 76.3 cm³/mol. The molecule has 1 aromatic carbocycles. The van der Waals surface area contributed by atoms with E-state index in [1.807, 2.05) is 0 Å². The molecule has 0 aliphatic rings. The molecule has 0 heterocycles. The Morgan fingerprint density at radius 3 is 2.21 bits per heavy atom. The number of carbonyl (C=O) groups is 1. The van der Waals surface area contributed by atoms with Gasteiger partial charge in [-0.05, 0) is 50.3 Å². The minimum absolute atomic E-state index is 0.294. The fourth-order valence-electron chi connectivity index (χ4n) is 1.31. The number of aliphatic carboxylic acids is 1. The maximum Gasteiger partial charge on any atom is 0.309 e. The van der Waals surface area contributed by atoms with Crippen molar-refractivity contribution in [3.63, 3.8) is 0 Å². The fraction of sp³-hybridized carbons (Fsp3) is 0.462. The highest BCUT2D eigenvalue weighted by Crippen LogP contribution is 2.27. The Morgan fingerprint density at radius 2 is 1.79 bits per heavy atom. The molecule has 0 spiro atoms. The van der Waals surface area contributed by atoms with Gasteiger partial charge in [-0.2, -0.15) is 0 Å². The van der Waals surface area contributed by atoms with E-state index < -0.39 is 21.2 Å². The molecule has 1 rings (SSSR count). The zero-order chi connectivity index (χ0) is 14.7. The molecule has 1 N–H and O–H groups in total. The van der Waals surface area contributed by atoms with Gasteiger partial charge in [-0.1, -0.05) is 0 Å². The van der Waals surface area contributed by atoms with Crippen LogP contribution in [0.25, 0.3) is 0 Å². The smallest absolute Gasteiger partial charge is 0.309 e. The van der Waals surface area contributed by atoms with Crippen LogP contribution in [0.2, 0.25) is 0 Å². The van der Waals surface area contributed by atoms with Gasteiger partial charge >= 0.3 is 5.97 Å². The van der Waals surface area contributed by atoms with Crippen LogP contribution in [0.3, 0.4) is 0 Å². The Hall–Kier alpha value is -1.01. The molecule has 0 radical (unpaired) electrons. The lowest BCUT2D eigenvalue weighted by Gasteiger charge is -2.18. The Morgan fingerprint density at radius 1 is 1.26 bits per heavy atom. The van der Waals surface area contributed by atoms with Crippen molar-refractivity contribution in [2.75, 3.05) is 12.0 Å². The van der Waals surface area contributed by atoms with Crippen LogP contribution in [-0.2, 0) is 14.6 Å². The molecule has 106 valence electrons. The van der Waals surface area contributed by atoms with Crippen LogP contribution in [0, 0.1) is 5.41 Å². The monoisotopic (exact) mass is 302 g/mol. The summed E-state index contributed by atoms with van der Waals surface area (Å²) in [7, 11) is -3.16. The highest BCUT2D eigenvalue weighted by atomic mass is 32.2. The van der Waals surface area contributed by atoms with Crippen LogP contribution in [0.15, 0.2) is 34.1 Å². The van der Waals surface area contributed by atoms with Gasteiger partial charge in [0.25, 0.3) is 0 Å². The maximum atomic E-state index is 11.3. The number of hydrogen-bond acceptors (Lipinski definition) is 4. The highest BCUT2D eigenvalue weighted by Gasteiger charge is 2.26. The molecule has 0 amide bonds. The van der Waals surface area contributed by atoms with Gasteiger partial charge in [-0.15, -0.1) is 11.8 Å². The van der Waals surface area contributed by atoms with E-state index in [-0.39, 0.29) is 0 Å². The Kier molecular flexibility index (Phi) is 5.04. The van der Waals surface area contributed by atoms with E-state index in [2.05, 4.69) is 0 Å². The van der Waals surface area contributed by atoms with E-state index in [9.17, 15) is 13.2 Å². The number of hydrogen-bond donors (Lipinski definition) is 1. The molecular formula is C13H18O4S2. The molecule has 0 unspecified atom stereocenters. The van der Waals surface area contributed by atoms with E-state index >= 15 is 0 Å². The van der Waals surface area contributed by atoms with Crippen molar-refractivity contribution in [3.8, 4) is 0 Å². The van der Waals surface area contributed by atoms with E-state index in [1.54, 1.807) is 38.1 Å². The van der Waals surface area contributed by atoms with Gasteiger partial charge in [-0.3, -0.25) is 4.79 Å². The first-order valence-corrected chi connectivity index (χ1v) is 8.67. The largest absolute Gasteiger partial charge is 0.481 e. The number of sulfone groups is 1. The molecule has 1 aromatic rings. The van der Waals surface area contributed by atoms with E-state index in [1.165, 1.54) is 18.0 Å². The SMILES string of the molecule is CC(C)(CCSc1ccc(S(C)(=O)=O)cc1)C(=O)O. The second-order valence-corrected chi connectivity index (χ2v) is 8.22. The number of benzene rings is 1.